The summed E-state index contributed by atoms with van der Waals surface area (Å²) in [6, 6.07) is 0.651. The number of aromatic nitrogens is 3. The molecule has 1 aromatic rings. The topological polar surface area (TPSA) is 56.7 Å². The Kier molecular flexibility index (Phi) is 3.14. The second kappa shape index (κ2) is 4.55. The maximum absolute atomic E-state index is 5.49. The van der Waals surface area contributed by atoms with Gasteiger partial charge in [-0.05, 0) is 25.8 Å². The fraction of sp³-hybridized carbons (Fsp3) is 0.800. The summed E-state index contributed by atoms with van der Waals surface area (Å²) in [5.41, 5.74) is 5.49. The molecule has 0 amide bonds. The Labute approximate surface area is 84.5 Å². The van der Waals surface area contributed by atoms with Gasteiger partial charge in [0.25, 0.3) is 0 Å². The Morgan fingerprint density at radius 2 is 2.21 bits per heavy atom. The van der Waals surface area contributed by atoms with E-state index in [2.05, 4.69) is 14.8 Å². The maximum atomic E-state index is 5.49. The number of nitrogens with zero attached hydrogens (tertiary/aromatic N) is 3. The van der Waals surface area contributed by atoms with E-state index in [0.717, 1.165) is 25.2 Å². The molecule has 1 fully saturated rings. The molecule has 0 aromatic carbocycles. The van der Waals surface area contributed by atoms with Crippen LogP contribution in [0.25, 0.3) is 0 Å². The highest BCUT2D eigenvalue weighted by Crippen LogP contribution is 2.29. The molecule has 2 rings (SSSR count). The molecule has 0 atom stereocenters. The largest absolute Gasteiger partial charge is 0.330 e. The molecule has 1 saturated carbocycles. The molecule has 14 heavy (non-hydrogen) atoms. The molecule has 0 spiro atoms. The lowest BCUT2D eigenvalue weighted by atomic mass is 10.2. The molecule has 0 bridgehead atoms. The summed E-state index contributed by atoms with van der Waals surface area (Å²) in [4.78, 5) is 0. The zero-order valence-electron chi connectivity index (χ0n) is 8.52. The van der Waals surface area contributed by atoms with Gasteiger partial charge < -0.3 is 10.3 Å². The molecule has 1 aliphatic rings. The highest BCUT2D eigenvalue weighted by molar-refractivity contribution is 4.91. The average molecular weight is 194 g/mol. The molecule has 0 radical (unpaired) electrons. The van der Waals surface area contributed by atoms with Gasteiger partial charge in [-0.1, -0.05) is 12.8 Å². The van der Waals surface area contributed by atoms with E-state index in [9.17, 15) is 0 Å². The van der Waals surface area contributed by atoms with Crippen LogP contribution in [0, 0.1) is 0 Å². The molecule has 2 N–H and O–H groups in total. The predicted molar refractivity (Wildman–Crippen MR) is 54.9 cm³/mol. The van der Waals surface area contributed by atoms with E-state index >= 15 is 0 Å². The van der Waals surface area contributed by atoms with Gasteiger partial charge in [0.15, 0.2) is 0 Å². The maximum Gasteiger partial charge on any atom is 0.133 e. The van der Waals surface area contributed by atoms with Crippen LogP contribution in [-0.2, 0) is 6.42 Å². The minimum atomic E-state index is 0.651. The van der Waals surface area contributed by atoms with Crippen molar-refractivity contribution in [3.8, 4) is 0 Å². The summed E-state index contributed by atoms with van der Waals surface area (Å²) < 4.78 is 2.25. The van der Waals surface area contributed by atoms with Gasteiger partial charge in [0, 0.05) is 12.5 Å². The predicted octanol–water partition coefficient (Wildman–Crippen LogP) is 1.28. The van der Waals surface area contributed by atoms with Crippen molar-refractivity contribution in [2.24, 2.45) is 5.73 Å². The van der Waals surface area contributed by atoms with Crippen LogP contribution < -0.4 is 5.73 Å². The van der Waals surface area contributed by atoms with E-state index in [1.54, 1.807) is 0 Å². The van der Waals surface area contributed by atoms with Gasteiger partial charge in [0.2, 0.25) is 0 Å². The zero-order chi connectivity index (χ0) is 9.80. The number of hydrogen-bond acceptors (Lipinski definition) is 3. The van der Waals surface area contributed by atoms with Crippen molar-refractivity contribution in [2.75, 3.05) is 6.54 Å². The smallest absolute Gasteiger partial charge is 0.133 e. The Bertz CT molecular complexity index is 275. The molecule has 0 saturated heterocycles. The minimum Gasteiger partial charge on any atom is -0.330 e. The standard InChI is InChI=1S/C10H18N4/c11-7-3-6-10-13-12-8-14(10)9-4-1-2-5-9/h8-9H,1-7,11H2. The molecule has 1 aliphatic carbocycles. The second-order valence-electron chi connectivity index (χ2n) is 3.98. The normalized spacial score (nSPS) is 17.8. The molecule has 1 aromatic heterocycles. The fourth-order valence-corrected chi connectivity index (χ4v) is 2.19. The van der Waals surface area contributed by atoms with E-state index in [1.165, 1.54) is 25.7 Å². The van der Waals surface area contributed by atoms with Crippen LogP contribution in [-0.4, -0.2) is 21.3 Å². The zero-order valence-corrected chi connectivity index (χ0v) is 8.52. The lowest BCUT2D eigenvalue weighted by molar-refractivity contribution is 0.493. The van der Waals surface area contributed by atoms with Crippen molar-refractivity contribution < 1.29 is 0 Å². The number of nitrogens with two attached hydrogens (primary N) is 1. The molecular formula is C10H18N4. The first kappa shape index (κ1) is 9.65. The van der Waals surface area contributed by atoms with Gasteiger partial charge in [-0.15, -0.1) is 10.2 Å². The van der Waals surface area contributed by atoms with E-state index in [-0.39, 0.29) is 0 Å². The lowest BCUT2D eigenvalue weighted by Crippen LogP contribution is -2.10. The van der Waals surface area contributed by atoms with E-state index in [4.69, 9.17) is 5.73 Å². The highest BCUT2D eigenvalue weighted by atomic mass is 15.3. The van der Waals surface area contributed by atoms with Gasteiger partial charge in [-0.3, -0.25) is 0 Å². The second-order valence-corrected chi connectivity index (χ2v) is 3.98. The van der Waals surface area contributed by atoms with Crippen LogP contribution in [0.1, 0.15) is 44.0 Å². The monoisotopic (exact) mass is 194 g/mol. The third-order valence-corrected chi connectivity index (χ3v) is 2.97. The minimum absolute atomic E-state index is 0.651. The quantitative estimate of drug-likeness (QED) is 0.785. The molecule has 0 aliphatic heterocycles. The summed E-state index contributed by atoms with van der Waals surface area (Å²) >= 11 is 0. The van der Waals surface area contributed by atoms with E-state index in [1.807, 2.05) is 6.33 Å². The van der Waals surface area contributed by atoms with Crippen molar-refractivity contribution in [3.05, 3.63) is 12.2 Å². The molecule has 4 heteroatoms. The summed E-state index contributed by atoms with van der Waals surface area (Å²) in [5.74, 6) is 1.11. The number of hydrogen-bond donors (Lipinski definition) is 1. The van der Waals surface area contributed by atoms with E-state index < -0.39 is 0 Å². The van der Waals surface area contributed by atoms with Crippen molar-refractivity contribution in [1.29, 1.82) is 0 Å². The fourth-order valence-electron chi connectivity index (χ4n) is 2.19. The first-order chi connectivity index (χ1) is 6.92. The van der Waals surface area contributed by atoms with Crippen LogP contribution in [0.5, 0.6) is 0 Å². The molecule has 4 nitrogen and oxygen atoms in total. The van der Waals surface area contributed by atoms with Gasteiger partial charge in [0.05, 0.1) is 0 Å². The van der Waals surface area contributed by atoms with Crippen LogP contribution >= 0.6 is 0 Å². The first-order valence-electron chi connectivity index (χ1n) is 5.50. The van der Waals surface area contributed by atoms with Crippen molar-refractivity contribution in [1.82, 2.24) is 14.8 Å². The van der Waals surface area contributed by atoms with E-state index in [0.29, 0.717) is 6.04 Å². The number of aryl methyl sites for hydroxylation is 1. The third-order valence-electron chi connectivity index (χ3n) is 2.97. The summed E-state index contributed by atoms with van der Waals surface area (Å²) in [6.45, 7) is 0.734. The number of rotatable bonds is 4. The SMILES string of the molecule is NCCCc1nncn1C1CCCC1. The molecule has 78 valence electrons. The molecule has 1 heterocycles. The lowest BCUT2D eigenvalue weighted by Gasteiger charge is -2.12. The average Bonchev–Trinajstić information content (AvgIpc) is 2.84. The van der Waals surface area contributed by atoms with Crippen LogP contribution in [0.2, 0.25) is 0 Å². The van der Waals surface area contributed by atoms with Gasteiger partial charge >= 0.3 is 0 Å². The Morgan fingerprint density at radius 1 is 1.43 bits per heavy atom. The van der Waals surface area contributed by atoms with Gasteiger partial charge in [-0.2, -0.15) is 0 Å². The van der Waals surface area contributed by atoms with Crippen molar-refractivity contribution in [2.45, 2.75) is 44.6 Å². The first-order valence-corrected chi connectivity index (χ1v) is 5.50. The molecule has 0 unspecified atom stereocenters. The summed E-state index contributed by atoms with van der Waals surface area (Å²) in [7, 11) is 0. The molecular weight excluding hydrogens is 176 g/mol. The van der Waals surface area contributed by atoms with Gasteiger partial charge in [0.1, 0.15) is 12.2 Å². The van der Waals surface area contributed by atoms with Crippen molar-refractivity contribution in [3.63, 3.8) is 0 Å². The van der Waals surface area contributed by atoms with Crippen LogP contribution in [0.15, 0.2) is 6.33 Å². The summed E-state index contributed by atoms with van der Waals surface area (Å²) in [5, 5.41) is 8.15. The Hall–Kier alpha value is -0.900. The van der Waals surface area contributed by atoms with Gasteiger partial charge in [-0.25, -0.2) is 0 Å². The third kappa shape index (κ3) is 1.95. The van der Waals surface area contributed by atoms with Crippen LogP contribution in [0.4, 0.5) is 0 Å². The van der Waals surface area contributed by atoms with Crippen molar-refractivity contribution >= 4 is 0 Å². The Morgan fingerprint density at radius 3 is 2.93 bits per heavy atom. The summed E-state index contributed by atoms with van der Waals surface area (Å²) in [6.07, 6.45) is 9.11. The highest BCUT2D eigenvalue weighted by Gasteiger charge is 2.19. The van der Waals surface area contributed by atoms with Crippen LogP contribution in [0.3, 0.4) is 0 Å². The Balaban J connectivity index is 2.04.